The van der Waals surface area contributed by atoms with Crippen LogP contribution in [0.1, 0.15) is 99.9 Å². The van der Waals surface area contributed by atoms with Crippen LogP contribution in [0.25, 0.3) is 232 Å². The second kappa shape index (κ2) is 25.4. The van der Waals surface area contributed by atoms with E-state index in [9.17, 15) is 0 Å². The van der Waals surface area contributed by atoms with Crippen LogP contribution in [-0.2, 0) is 21.7 Å². The van der Waals surface area contributed by atoms with Crippen molar-refractivity contribution in [3.63, 3.8) is 0 Å². The van der Waals surface area contributed by atoms with Crippen LogP contribution < -0.4 is 0 Å². The highest BCUT2D eigenvalue weighted by molar-refractivity contribution is 6.25. The number of hydrogen-bond acceptors (Lipinski definition) is 4. The fourth-order valence-electron chi connectivity index (χ4n) is 23.3. The van der Waals surface area contributed by atoms with Crippen molar-refractivity contribution in [2.45, 2.75) is 77.0 Å². The molecule has 0 N–H and O–H groups in total. The molecule has 586 valence electrons. The monoisotopic (exact) mass is 1590 g/mol. The molecular formula is C120H82O4. The number of furan rings is 4. The lowest BCUT2D eigenvalue weighted by Gasteiger charge is -2.31. The van der Waals surface area contributed by atoms with Gasteiger partial charge >= 0.3 is 0 Å². The van der Waals surface area contributed by atoms with E-state index in [1.165, 1.54) is 122 Å². The van der Waals surface area contributed by atoms with E-state index in [4.69, 9.17) is 17.7 Å². The average molecular weight is 1590 g/mol. The van der Waals surface area contributed by atoms with Crippen LogP contribution in [0, 0.1) is 0 Å². The molecule has 4 heterocycles. The van der Waals surface area contributed by atoms with Crippen molar-refractivity contribution < 1.29 is 17.7 Å². The molecule has 0 spiro atoms. The van der Waals surface area contributed by atoms with Crippen molar-refractivity contribution in [2.24, 2.45) is 0 Å². The van der Waals surface area contributed by atoms with Gasteiger partial charge < -0.3 is 17.7 Å². The van der Waals surface area contributed by atoms with E-state index in [0.29, 0.717) is 0 Å². The minimum Gasteiger partial charge on any atom is -0.455 e. The van der Waals surface area contributed by atoms with Gasteiger partial charge in [0.05, 0.1) is 0 Å². The summed E-state index contributed by atoms with van der Waals surface area (Å²) >= 11 is 0. The molecule has 4 heteroatoms. The van der Waals surface area contributed by atoms with Crippen molar-refractivity contribution in [1.82, 2.24) is 0 Å². The van der Waals surface area contributed by atoms with E-state index in [1.807, 2.05) is 0 Å². The first kappa shape index (κ1) is 70.9. The Kier molecular flexibility index (Phi) is 14.5. The van der Waals surface area contributed by atoms with Gasteiger partial charge in [0.2, 0.25) is 0 Å². The summed E-state index contributed by atoms with van der Waals surface area (Å²) in [6, 6.07) is 130. The van der Waals surface area contributed by atoms with Crippen LogP contribution in [0.4, 0.5) is 0 Å². The molecule has 0 atom stereocenters. The molecule has 26 rings (SSSR count). The van der Waals surface area contributed by atoms with Crippen LogP contribution in [-0.4, -0.2) is 0 Å². The second-order valence-electron chi connectivity index (χ2n) is 37.0. The highest BCUT2D eigenvalue weighted by Crippen LogP contribution is 2.67. The maximum atomic E-state index is 7.50. The highest BCUT2D eigenvalue weighted by Gasteiger charge is 2.50. The summed E-state index contributed by atoms with van der Waals surface area (Å²) in [7, 11) is 0. The van der Waals surface area contributed by atoms with Gasteiger partial charge in [-0.05, 0) is 234 Å². The lowest BCUT2D eigenvalue weighted by atomic mass is 9.72. The average Bonchev–Trinajstić information content (AvgIpc) is 1.51. The SMILES string of the molecule is CC1(C)c2cc3c(cc2-c2c1cc(-c1ccccc1-c1ccccc1)c1oc4ccccc4c21)C(C)(C)c1cc(-c2cccc(-c4ccc(-c5cc6c(c7oc8ccccc8c57)-c5ccc7c(c5C6(C)C)C(C)(C)c5cc(-c6ccccc6-c6ccccc6)c6c(oc8ccccc86)c5-7)c(-c5ccccc5)c4)c2-c2ccccc2)c2oc4ccccc4c2c1-3. The van der Waals surface area contributed by atoms with Crippen molar-refractivity contribution in [1.29, 1.82) is 0 Å². The Morgan fingerprint density at radius 1 is 0.161 bits per heavy atom. The Labute approximate surface area is 718 Å². The summed E-state index contributed by atoms with van der Waals surface area (Å²) in [5.41, 5.74) is 46.0. The molecule has 0 saturated carbocycles. The predicted molar refractivity (Wildman–Crippen MR) is 515 cm³/mol. The van der Waals surface area contributed by atoms with Gasteiger partial charge in [-0.25, -0.2) is 0 Å². The number of fused-ring (bicyclic) bond motifs is 29. The van der Waals surface area contributed by atoms with E-state index in [2.05, 4.69) is 407 Å². The molecule has 4 aliphatic rings. The molecule has 0 unspecified atom stereocenters. The molecule has 0 bridgehead atoms. The van der Waals surface area contributed by atoms with Gasteiger partial charge in [-0.2, -0.15) is 0 Å². The summed E-state index contributed by atoms with van der Waals surface area (Å²) in [5, 5.41) is 8.99. The molecule has 22 aromatic rings. The number of para-hydroxylation sites is 4. The third-order valence-corrected chi connectivity index (χ3v) is 29.1. The number of benzene rings is 18. The zero-order chi connectivity index (χ0) is 82.7. The summed E-state index contributed by atoms with van der Waals surface area (Å²) in [4.78, 5) is 0. The minimum absolute atomic E-state index is 0.399. The topological polar surface area (TPSA) is 52.6 Å². The zero-order valence-electron chi connectivity index (χ0n) is 70.1. The normalized spacial score (nSPS) is 14.5. The third kappa shape index (κ3) is 9.57. The van der Waals surface area contributed by atoms with Crippen molar-refractivity contribution in [2.75, 3.05) is 0 Å². The Bertz CT molecular complexity index is 8440. The summed E-state index contributed by atoms with van der Waals surface area (Å²) < 4.78 is 29.4. The summed E-state index contributed by atoms with van der Waals surface area (Å²) in [5.74, 6) is 0. The van der Waals surface area contributed by atoms with Gasteiger partial charge in [0.25, 0.3) is 0 Å². The smallest absolute Gasteiger partial charge is 0.144 e. The van der Waals surface area contributed by atoms with Crippen molar-refractivity contribution in [3.05, 3.63) is 396 Å². The maximum absolute atomic E-state index is 7.50. The molecular weight excluding hydrogens is 1510 g/mol. The molecule has 18 aromatic carbocycles. The molecule has 4 nitrogen and oxygen atoms in total. The zero-order valence-corrected chi connectivity index (χ0v) is 70.1. The van der Waals surface area contributed by atoms with E-state index >= 15 is 0 Å². The second-order valence-corrected chi connectivity index (χ2v) is 37.0. The van der Waals surface area contributed by atoms with E-state index in [1.54, 1.807) is 0 Å². The van der Waals surface area contributed by atoms with Gasteiger partial charge in [-0.1, -0.05) is 341 Å². The number of hydrogen-bond donors (Lipinski definition) is 0. The fraction of sp³-hybridized carbons (Fsp3) is 0.100. The quantitative estimate of drug-likeness (QED) is 0.145. The van der Waals surface area contributed by atoms with Crippen LogP contribution >= 0.6 is 0 Å². The third-order valence-electron chi connectivity index (χ3n) is 29.1. The Balaban J connectivity index is 0.646. The Morgan fingerprint density at radius 3 is 0.911 bits per heavy atom. The lowest BCUT2D eigenvalue weighted by Crippen LogP contribution is -2.24. The molecule has 0 saturated heterocycles. The van der Waals surface area contributed by atoms with Crippen molar-refractivity contribution >= 4 is 87.8 Å². The lowest BCUT2D eigenvalue weighted by molar-refractivity contribution is 0.600. The standard InChI is InChI=1S/C120H82O4/c1-117(2)92-66-91-93(65-90(92)105-94(117)63-88(113-109(105)81-48-27-31-54-100(81)121-113)76-45-24-22-43-73(76)68-36-15-10-16-37-68)118(3,4)95-64-89(114-110(106(91)95)82-49-28-32-55-101(82)122-114)78-51-33-50-74(102(78)70-40-19-12-20-41-70)71-56-57-77(85(60-71)69-38-17-11-18-39-69)87-62-97-108(116-104(87)80-47-26-30-53-99(80)124-116)84-59-58-83-107-96(119(5,6)111(83)112(84)120(97,7)8)61-86(103-79-46-25-29-52-98(79)123-115(103)107)75-44-23-21-42-72(75)67-34-13-9-14-35-67/h9-66H,1-8H3. The first-order chi connectivity index (χ1) is 60.6. The first-order valence-electron chi connectivity index (χ1n) is 43.6. The molecule has 0 aliphatic heterocycles. The van der Waals surface area contributed by atoms with Gasteiger partial charge in [-0.15, -0.1) is 0 Å². The molecule has 4 aromatic heterocycles. The van der Waals surface area contributed by atoms with Crippen molar-refractivity contribution in [3.8, 4) is 145 Å². The summed E-state index contributed by atoms with van der Waals surface area (Å²) in [6.45, 7) is 19.6. The molecule has 124 heavy (non-hydrogen) atoms. The van der Waals surface area contributed by atoms with Crippen LogP contribution in [0.15, 0.2) is 370 Å². The molecule has 0 fully saturated rings. The van der Waals surface area contributed by atoms with Crippen LogP contribution in [0.3, 0.4) is 0 Å². The largest absolute Gasteiger partial charge is 0.455 e. The van der Waals surface area contributed by atoms with Gasteiger partial charge in [-0.3, -0.25) is 0 Å². The van der Waals surface area contributed by atoms with Gasteiger partial charge in [0.15, 0.2) is 0 Å². The van der Waals surface area contributed by atoms with E-state index < -0.39 is 21.7 Å². The fourth-order valence-corrected chi connectivity index (χ4v) is 23.3. The van der Waals surface area contributed by atoms with Crippen LogP contribution in [0.2, 0.25) is 0 Å². The number of rotatable bonds is 9. The predicted octanol–water partition coefficient (Wildman–Crippen LogP) is 33.5. The van der Waals surface area contributed by atoms with Gasteiger partial charge in [0, 0.05) is 87.0 Å². The van der Waals surface area contributed by atoms with Crippen LogP contribution in [0.5, 0.6) is 0 Å². The summed E-state index contributed by atoms with van der Waals surface area (Å²) in [6.07, 6.45) is 0. The molecule has 4 aliphatic carbocycles. The molecule has 0 radical (unpaired) electrons. The highest BCUT2D eigenvalue weighted by atomic mass is 16.3. The minimum atomic E-state index is -0.499. The molecule has 0 amide bonds. The van der Waals surface area contributed by atoms with E-state index in [-0.39, 0.29) is 0 Å². The van der Waals surface area contributed by atoms with Gasteiger partial charge in [0.1, 0.15) is 44.7 Å². The van der Waals surface area contributed by atoms with E-state index in [0.717, 1.165) is 155 Å². The Hall–Kier alpha value is -14.8. The first-order valence-corrected chi connectivity index (χ1v) is 43.6. The Morgan fingerprint density at radius 2 is 0.468 bits per heavy atom. The maximum Gasteiger partial charge on any atom is 0.144 e.